The van der Waals surface area contributed by atoms with Gasteiger partial charge in [-0.1, -0.05) is 6.07 Å². The Morgan fingerprint density at radius 1 is 1.53 bits per heavy atom. The molecular formula is C11H17N3O2S. The summed E-state index contributed by atoms with van der Waals surface area (Å²) in [5.74, 6) is 0.00750. The molecule has 6 heteroatoms. The van der Waals surface area contributed by atoms with Crippen LogP contribution in [-0.2, 0) is 15.8 Å². The van der Waals surface area contributed by atoms with Crippen molar-refractivity contribution in [2.24, 2.45) is 5.73 Å². The Morgan fingerprint density at radius 3 is 3.00 bits per heavy atom. The van der Waals surface area contributed by atoms with E-state index < -0.39 is 10.0 Å². The molecule has 1 aromatic rings. The molecule has 1 aromatic heterocycles. The first-order valence-electron chi connectivity index (χ1n) is 5.70. The van der Waals surface area contributed by atoms with Crippen LogP contribution < -0.4 is 5.73 Å². The van der Waals surface area contributed by atoms with Crippen LogP contribution in [0.5, 0.6) is 0 Å². The largest absolute Gasteiger partial charge is 0.327 e. The predicted molar refractivity (Wildman–Crippen MR) is 65.6 cm³/mol. The topological polar surface area (TPSA) is 76.3 Å². The van der Waals surface area contributed by atoms with Gasteiger partial charge in [0.1, 0.15) is 0 Å². The average Bonchev–Trinajstić information content (AvgIpc) is 2.30. The molecule has 1 aliphatic heterocycles. The number of hydrogen-bond donors (Lipinski definition) is 1. The van der Waals surface area contributed by atoms with E-state index in [0.29, 0.717) is 18.7 Å². The second kappa shape index (κ2) is 5.12. The molecule has 0 amide bonds. The van der Waals surface area contributed by atoms with Gasteiger partial charge in [0.15, 0.2) is 0 Å². The van der Waals surface area contributed by atoms with Crippen LogP contribution >= 0.6 is 0 Å². The zero-order valence-electron chi connectivity index (χ0n) is 9.62. The van der Waals surface area contributed by atoms with Gasteiger partial charge in [0.2, 0.25) is 10.0 Å². The smallest absolute Gasteiger partial charge is 0.218 e. The number of nitrogens with two attached hydrogens (primary N) is 1. The Balaban J connectivity index is 2.08. The maximum absolute atomic E-state index is 12.1. The maximum atomic E-state index is 12.1. The number of hydrogen-bond acceptors (Lipinski definition) is 4. The van der Waals surface area contributed by atoms with Gasteiger partial charge in [0, 0.05) is 31.5 Å². The van der Waals surface area contributed by atoms with E-state index in [-0.39, 0.29) is 11.8 Å². The number of piperidine rings is 1. The normalized spacial score (nSPS) is 22.5. The van der Waals surface area contributed by atoms with Gasteiger partial charge in [-0.3, -0.25) is 4.98 Å². The fourth-order valence-corrected chi connectivity index (χ4v) is 3.61. The Hall–Kier alpha value is -0.980. The van der Waals surface area contributed by atoms with Gasteiger partial charge >= 0.3 is 0 Å². The Kier molecular flexibility index (Phi) is 3.76. The molecule has 5 nitrogen and oxygen atoms in total. The van der Waals surface area contributed by atoms with Gasteiger partial charge in [0.05, 0.1) is 5.75 Å². The van der Waals surface area contributed by atoms with Crippen molar-refractivity contribution in [2.75, 3.05) is 13.1 Å². The second-order valence-corrected chi connectivity index (χ2v) is 6.35. The van der Waals surface area contributed by atoms with Crippen molar-refractivity contribution in [1.82, 2.24) is 9.29 Å². The zero-order chi connectivity index (χ0) is 12.3. The zero-order valence-corrected chi connectivity index (χ0v) is 10.4. The van der Waals surface area contributed by atoms with E-state index in [4.69, 9.17) is 5.73 Å². The van der Waals surface area contributed by atoms with Crippen molar-refractivity contribution in [3.63, 3.8) is 0 Å². The molecule has 0 saturated carbocycles. The number of rotatable bonds is 3. The van der Waals surface area contributed by atoms with E-state index >= 15 is 0 Å². The van der Waals surface area contributed by atoms with Crippen LogP contribution in [0.4, 0.5) is 0 Å². The quantitative estimate of drug-likeness (QED) is 0.844. The lowest BCUT2D eigenvalue weighted by Crippen LogP contribution is -2.46. The van der Waals surface area contributed by atoms with E-state index in [1.807, 2.05) is 0 Å². The second-order valence-electron chi connectivity index (χ2n) is 4.38. The summed E-state index contributed by atoms with van der Waals surface area (Å²) < 4.78 is 25.8. The third kappa shape index (κ3) is 3.24. The summed E-state index contributed by atoms with van der Waals surface area (Å²) in [6.07, 6.45) is 4.96. The number of pyridine rings is 1. The van der Waals surface area contributed by atoms with Crippen molar-refractivity contribution in [3.8, 4) is 0 Å². The lowest BCUT2D eigenvalue weighted by atomic mass is 10.1. The third-order valence-electron chi connectivity index (χ3n) is 2.89. The molecular weight excluding hydrogens is 238 g/mol. The molecule has 0 bridgehead atoms. The highest BCUT2D eigenvalue weighted by Gasteiger charge is 2.27. The van der Waals surface area contributed by atoms with Crippen molar-refractivity contribution >= 4 is 10.0 Å². The number of sulfonamides is 1. The van der Waals surface area contributed by atoms with Crippen LogP contribution in [0.25, 0.3) is 0 Å². The molecule has 1 aliphatic rings. The van der Waals surface area contributed by atoms with Crippen LogP contribution in [-0.4, -0.2) is 36.8 Å². The minimum Gasteiger partial charge on any atom is -0.327 e. The molecule has 0 spiro atoms. The predicted octanol–water partition coefficient (Wildman–Crippen LogP) is 0.334. The van der Waals surface area contributed by atoms with Gasteiger partial charge in [-0.05, 0) is 24.5 Å². The van der Waals surface area contributed by atoms with Gasteiger partial charge in [-0.25, -0.2) is 12.7 Å². The summed E-state index contributed by atoms with van der Waals surface area (Å²) >= 11 is 0. The van der Waals surface area contributed by atoms with Crippen LogP contribution in [0, 0.1) is 0 Å². The highest BCUT2D eigenvalue weighted by molar-refractivity contribution is 7.88. The van der Waals surface area contributed by atoms with Crippen molar-refractivity contribution in [3.05, 3.63) is 30.1 Å². The minimum atomic E-state index is -3.26. The van der Waals surface area contributed by atoms with E-state index in [1.165, 1.54) is 4.31 Å². The van der Waals surface area contributed by atoms with E-state index in [9.17, 15) is 8.42 Å². The lowest BCUT2D eigenvalue weighted by Gasteiger charge is -2.29. The summed E-state index contributed by atoms with van der Waals surface area (Å²) in [4.78, 5) is 3.92. The van der Waals surface area contributed by atoms with Crippen LogP contribution in [0.3, 0.4) is 0 Å². The summed E-state index contributed by atoms with van der Waals surface area (Å²) in [6.45, 7) is 1.01. The average molecular weight is 255 g/mol. The summed E-state index contributed by atoms with van der Waals surface area (Å²) in [6, 6.07) is 3.48. The van der Waals surface area contributed by atoms with Gasteiger partial charge in [-0.15, -0.1) is 0 Å². The fourth-order valence-electron chi connectivity index (χ4n) is 2.01. The van der Waals surface area contributed by atoms with Crippen LogP contribution in [0.2, 0.25) is 0 Å². The standard InChI is InChI=1S/C11H17N3O2S/c12-11-4-2-6-14(8-11)17(15,16)9-10-3-1-5-13-7-10/h1,3,5,7,11H,2,4,6,8-9,12H2. The maximum Gasteiger partial charge on any atom is 0.218 e. The molecule has 94 valence electrons. The fraction of sp³-hybridized carbons (Fsp3) is 0.545. The first-order chi connectivity index (χ1) is 8.08. The molecule has 1 atom stereocenters. The SMILES string of the molecule is NC1CCCN(S(=O)(=O)Cc2cccnc2)C1. The highest BCUT2D eigenvalue weighted by atomic mass is 32.2. The van der Waals surface area contributed by atoms with Crippen molar-refractivity contribution in [2.45, 2.75) is 24.6 Å². The van der Waals surface area contributed by atoms with Crippen LogP contribution in [0.1, 0.15) is 18.4 Å². The Bertz CT molecular complexity index is 461. The Morgan fingerprint density at radius 2 is 2.35 bits per heavy atom. The molecule has 2 N–H and O–H groups in total. The van der Waals surface area contributed by atoms with E-state index in [2.05, 4.69) is 4.98 Å². The van der Waals surface area contributed by atoms with Crippen molar-refractivity contribution < 1.29 is 8.42 Å². The van der Waals surface area contributed by atoms with Gasteiger partial charge in [-0.2, -0.15) is 0 Å². The van der Waals surface area contributed by atoms with E-state index in [1.54, 1.807) is 24.5 Å². The molecule has 2 rings (SSSR count). The molecule has 17 heavy (non-hydrogen) atoms. The first-order valence-corrected chi connectivity index (χ1v) is 7.31. The summed E-state index contributed by atoms with van der Waals surface area (Å²) in [5, 5.41) is 0. The van der Waals surface area contributed by atoms with E-state index in [0.717, 1.165) is 12.8 Å². The minimum absolute atomic E-state index is 0.00750. The number of aromatic nitrogens is 1. The Labute approximate surface area is 102 Å². The molecule has 0 aromatic carbocycles. The molecule has 1 saturated heterocycles. The molecule has 2 heterocycles. The molecule has 1 fully saturated rings. The van der Waals surface area contributed by atoms with Crippen molar-refractivity contribution in [1.29, 1.82) is 0 Å². The molecule has 0 radical (unpaired) electrons. The summed E-state index contributed by atoms with van der Waals surface area (Å²) in [7, 11) is -3.26. The van der Waals surface area contributed by atoms with Gasteiger partial charge < -0.3 is 5.73 Å². The monoisotopic (exact) mass is 255 g/mol. The molecule has 0 aliphatic carbocycles. The van der Waals surface area contributed by atoms with Gasteiger partial charge in [0.25, 0.3) is 0 Å². The third-order valence-corrected chi connectivity index (χ3v) is 4.70. The number of nitrogens with zero attached hydrogens (tertiary/aromatic N) is 2. The lowest BCUT2D eigenvalue weighted by molar-refractivity contribution is 0.315. The van der Waals surface area contributed by atoms with Crippen LogP contribution in [0.15, 0.2) is 24.5 Å². The molecule has 1 unspecified atom stereocenters. The summed E-state index contributed by atoms with van der Waals surface area (Å²) in [5.41, 5.74) is 6.51. The highest BCUT2D eigenvalue weighted by Crippen LogP contribution is 2.16. The first kappa shape index (κ1) is 12.5.